The maximum atomic E-state index is 14.3. The van der Waals surface area contributed by atoms with Crippen molar-refractivity contribution in [3.63, 3.8) is 0 Å². The van der Waals surface area contributed by atoms with E-state index in [1.54, 1.807) is 6.92 Å². The van der Waals surface area contributed by atoms with E-state index in [2.05, 4.69) is 36.0 Å². The predicted molar refractivity (Wildman–Crippen MR) is 161 cm³/mol. The molecule has 1 aromatic carbocycles. The van der Waals surface area contributed by atoms with Gasteiger partial charge in [-0.2, -0.15) is 5.10 Å². The molecule has 2 unspecified atom stereocenters. The molecule has 0 saturated heterocycles. The van der Waals surface area contributed by atoms with E-state index in [-0.39, 0.29) is 12.0 Å². The lowest BCUT2D eigenvalue weighted by Gasteiger charge is -2.26. The van der Waals surface area contributed by atoms with E-state index in [1.165, 1.54) is 51.3 Å². The highest BCUT2D eigenvalue weighted by atomic mass is 19.1. The Balaban J connectivity index is 0.000000593. The van der Waals surface area contributed by atoms with Crippen LogP contribution in [0.5, 0.6) is 0 Å². The van der Waals surface area contributed by atoms with Gasteiger partial charge in [-0.25, -0.2) is 4.39 Å². The third-order valence-corrected chi connectivity index (χ3v) is 7.06. The Labute approximate surface area is 226 Å². The van der Waals surface area contributed by atoms with E-state index in [0.29, 0.717) is 12.8 Å². The summed E-state index contributed by atoms with van der Waals surface area (Å²) in [5.74, 6) is -0.00536. The number of aromatic nitrogens is 2. The molecule has 1 heterocycles. The van der Waals surface area contributed by atoms with E-state index in [1.807, 2.05) is 62.8 Å². The van der Waals surface area contributed by atoms with Crippen molar-refractivity contribution in [1.82, 2.24) is 9.78 Å². The quantitative estimate of drug-likeness (QED) is 0.347. The Morgan fingerprint density at radius 1 is 1.14 bits per heavy atom. The van der Waals surface area contributed by atoms with Crippen LogP contribution in [0.4, 0.5) is 10.1 Å². The fourth-order valence-corrected chi connectivity index (χ4v) is 4.04. The number of benzene rings is 1. The van der Waals surface area contributed by atoms with Crippen LogP contribution in [0.25, 0.3) is 6.08 Å². The fourth-order valence-electron chi connectivity index (χ4n) is 4.04. The number of halogens is 1. The molecule has 2 aromatic rings. The molecule has 0 spiro atoms. The Kier molecular flexibility index (Phi) is 17.7. The van der Waals surface area contributed by atoms with Gasteiger partial charge >= 0.3 is 0 Å². The van der Waals surface area contributed by atoms with Crippen molar-refractivity contribution in [2.75, 3.05) is 7.05 Å². The molecular formula is C31H54FN5. The average Bonchev–Trinajstić information content (AvgIpc) is 3.29. The van der Waals surface area contributed by atoms with Crippen molar-refractivity contribution in [3.05, 3.63) is 53.4 Å². The summed E-state index contributed by atoms with van der Waals surface area (Å²) in [5, 5.41) is 4.15. The Morgan fingerprint density at radius 3 is 2.05 bits per heavy atom. The summed E-state index contributed by atoms with van der Waals surface area (Å²) in [5.41, 5.74) is 14.7. The number of hydrogen-bond donors (Lipinski definition) is 2. The first-order valence-corrected chi connectivity index (χ1v) is 13.8. The van der Waals surface area contributed by atoms with Gasteiger partial charge in [0.25, 0.3) is 0 Å². The average molecular weight is 516 g/mol. The van der Waals surface area contributed by atoms with Gasteiger partial charge < -0.3 is 11.5 Å². The van der Waals surface area contributed by atoms with E-state index >= 15 is 0 Å². The first-order chi connectivity index (χ1) is 17.6. The second-order valence-electron chi connectivity index (χ2n) is 10.1. The lowest BCUT2D eigenvalue weighted by molar-refractivity contribution is 0.106. The van der Waals surface area contributed by atoms with Gasteiger partial charge in [0.05, 0.1) is 11.9 Å². The minimum Gasteiger partial charge on any atom is -0.333 e. The highest BCUT2D eigenvalue weighted by Crippen LogP contribution is 2.33. The second-order valence-corrected chi connectivity index (χ2v) is 10.1. The molecule has 1 aliphatic carbocycles. The second kappa shape index (κ2) is 18.9. The van der Waals surface area contributed by atoms with Crippen LogP contribution in [0.15, 0.2) is 36.0 Å². The minimum atomic E-state index is -1.18. The Morgan fingerprint density at radius 2 is 1.68 bits per heavy atom. The van der Waals surface area contributed by atoms with Crippen LogP contribution in [0, 0.1) is 19.8 Å². The van der Waals surface area contributed by atoms with Gasteiger partial charge in [0, 0.05) is 23.8 Å². The predicted octanol–water partition coefficient (Wildman–Crippen LogP) is 8.26. The zero-order valence-corrected chi connectivity index (χ0v) is 24.7. The number of aryl methyl sites for hydroxylation is 2. The molecule has 5 nitrogen and oxygen atoms in total. The zero-order valence-electron chi connectivity index (χ0n) is 24.7. The molecule has 1 aliphatic rings. The van der Waals surface area contributed by atoms with Crippen LogP contribution in [0.3, 0.4) is 0 Å². The molecule has 1 aromatic heterocycles. The molecular weight excluding hydrogens is 461 g/mol. The van der Waals surface area contributed by atoms with Gasteiger partial charge in [-0.05, 0) is 71.8 Å². The lowest BCUT2D eigenvalue weighted by atomic mass is 9.87. The largest absolute Gasteiger partial charge is 0.333 e. The van der Waals surface area contributed by atoms with Crippen molar-refractivity contribution in [1.29, 1.82) is 0 Å². The molecule has 0 aliphatic heterocycles. The summed E-state index contributed by atoms with van der Waals surface area (Å²) in [4.78, 5) is 3.99. The SMILES string of the molecule is C1CCCCC1.C=Cc1cnn(CC)c1C.C=Nc1ccc(C)cc1C(N)CCC(C)(F)C(C)C.CN. The van der Waals surface area contributed by atoms with Gasteiger partial charge in [-0.1, -0.05) is 82.7 Å². The maximum absolute atomic E-state index is 14.3. The smallest absolute Gasteiger partial charge is 0.110 e. The number of rotatable bonds is 8. The molecule has 210 valence electrons. The van der Waals surface area contributed by atoms with Crippen LogP contribution >= 0.6 is 0 Å². The van der Waals surface area contributed by atoms with Gasteiger partial charge in [0.1, 0.15) is 5.67 Å². The van der Waals surface area contributed by atoms with E-state index in [9.17, 15) is 4.39 Å². The summed E-state index contributed by atoms with van der Waals surface area (Å²) in [6.45, 7) is 19.8. The van der Waals surface area contributed by atoms with Crippen LogP contribution in [-0.2, 0) is 6.54 Å². The van der Waals surface area contributed by atoms with Crippen LogP contribution < -0.4 is 11.5 Å². The van der Waals surface area contributed by atoms with Crippen LogP contribution in [-0.4, -0.2) is 29.2 Å². The molecule has 0 amide bonds. The van der Waals surface area contributed by atoms with E-state index in [0.717, 1.165) is 28.9 Å². The first kappa shape index (κ1) is 34.7. The molecule has 3 rings (SSSR count). The van der Waals surface area contributed by atoms with Gasteiger partial charge in [0.15, 0.2) is 0 Å². The zero-order chi connectivity index (χ0) is 28.4. The van der Waals surface area contributed by atoms with Crippen LogP contribution in [0.2, 0.25) is 0 Å². The number of alkyl halides is 1. The molecule has 0 radical (unpaired) electrons. The van der Waals surface area contributed by atoms with Crippen molar-refractivity contribution in [2.24, 2.45) is 22.4 Å². The van der Waals surface area contributed by atoms with Gasteiger partial charge in [-0.3, -0.25) is 9.67 Å². The van der Waals surface area contributed by atoms with E-state index in [4.69, 9.17) is 5.73 Å². The number of aliphatic imine (C=N–C) groups is 1. The molecule has 4 N–H and O–H groups in total. The van der Waals surface area contributed by atoms with Crippen molar-refractivity contribution < 1.29 is 4.39 Å². The topological polar surface area (TPSA) is 82.2 Å². The molecule has 6 heteroatoms. The molecule has 0 bridgehead atoms. The third-order valence-electron chi connectivity index (χ3n) is 7.06. The van der Waals surface area contributed by atoms with E-state index < -0.39 is 5.67 Å². The maximum Gasteiger partial charge on any atom is 0.110 e. The standard InChI is InChI=1S/C16H25FN2.C8H12N2.C6H12.CH5N/c1-11(2)16(4,17)9-8-14(18)13-10-12(3)6-7-15(13)19-5;1-4-8-6-9-10(5-2)7(8)3;1-2-4-6-5-3-1;1-2/h6-7,10-11,14H,5,8-9,18H2,1-4H3;4,6H,1,5H2,2-3H3;1-6H2;2H2,1H3. The molecule has 37 heavy (non-hydrogen) atoms. The summed E-state index contributed by atoms with van der Waals surface area (Å²) in [6, 6.07) is 5.70. The highest BCUT2D eigenvalue weighted by Gasteiger charge is 2.28. The Bertz CT molecular complexity index is 885. The van der Waals surface area contributed by atoms with Crippen LogP contribution in [0.1, 0.15) is 107 Å². The Hall–Kier alpha value is -2.31. The number of hydrogen-bond acceptors (Lipinski definition) is 4. The highest BCUT2D eigenvalue weighted by molar-refractivity contribution is 5.54. The fraction of sp³-hybridized carbons (Fsp3) is 0.613. The van der Waals surface area contributed by atoms with Gasteiger partial charge in [0.2, 0.25) is 0 Å². The summed E-state index contributed by atoms with van der Waals surface area (Å²) >= 11 is 0. The first-order valence-electron chi connectivity index (χ1n) is 13.8. The van der Waals surface area contributed by atoms with Crippen molar-refractivity contribution in [3.8, 4) is 0 Å². The number of nitrogens with two attached hydrogens (primary N) is 2. The molecule has 1 fully saturated rings. The monoisotopic (exact) mass is 515 g/mol. The number of nitrogens with zero attached hydrogens (tertiary/aromatic N) is 3. The summed E-state index contributed by atoms with van der Waals surface area (Å²) in [6.07, 6.45) is 13.7. The van der Waals surface area contributed by atoms with Crippen molar-refractivity contribution >= 4 is 18.5 Å². The minimum absolute atomic E-state index is 0.00536. The summed E-state index contributed by atoms with van der Waals surface area (Å²) < 4.78 is 16.2. The van der Waals surface area contributed by atoms with Gasteiger partial charge in [-0.15, -0.1) is 0 Å². The molecule has 2 atom stereocenters. The van der Waals surface area contributed by atoms with Crippen molar-refractivity contribution in [2.45, 2.75) is 111 Å². The normalized spacial score (nSPS) is 15.0. The summed E-state index contributed by atoms with van der Waals surface area (Å²) in [7, 11) is 1.50. The third kappa shape index (κ3) is 12.7. The lowest BCUT2D eigenvalue weighted by Crippen LogP contribution is -2.27. The molecule has 1 saturated carbocycles.